The Kier molecular flexibility index (Phi) is 3.58. The molecule has 0 bridgehead atoms. The maximum atomic E-state index is 5.23. The van der Waals surface area contributed by atoms with Gasteiger partial charge in [0.25, 0.3) is 0 Å². The third kappa shape index (κ3) is 2.34. The number of hydrogen-bond donors (Lipinski definition) is 0. The van der Waals surface area contributed by atoms with Crippen LogP contribution in [0.4, 0.5) is 0 Å². The SMILES string of the molecule is C1=NCCC(n2c3cccnc3c3nc4c(cc32)c2ccccc2n4-c2ccncc2)=C1. The Labute approximate surface area is 183 Å². The molecule has 0 saturated carbocycles. The lowest BCUT2D eigenvalue weighted by Gasteiger charge is -2.13. The van der Waals surface area contributed by atoms with Crippen LogP contribution in [-0.4, -0.2) is 36.8 Å². The molecule has 6 heteroatoms. The van der Waals surface area contributed by atoms with Crippen molar-refractivity contribution < 1.29 is 0 Å². The van der Waals surface area contributed by atoms with Gasteiger partial charge in [-0.2, -0.15) is 0 Å². The van der Waals surface area contributed by atoms with Crippen LogP contribution in [0.1, 0.15) is 6.42 Å². The zero-order valence-electron chi connectivity index (χ0n) is 17.2. The molecule has 5 aromatic heterocycles. The molecule has 1 aliphatic heterocycles. The van der Waals surface area contributed by atoms with Crippen molar-refractivity contribution >= 4 is 55.9 Å². The van der Waals surface area contributed by atoms with Crippen molar-refractivity contribution in [3.63, 3.8) is 0 Å². The fourth-order valence-electron chi connectivity index (χ4n) is 4.83. The first-order valence-electron chi connectivity index (χ1n) is 10.7. The first-order valence-corrected chi connectivity index (χ1v) is 10.7. The van der Waals surface area contributed by atoms with Gasteiger partial charge in [0.15, 0.2) is 0 Å². The number of fused-ring (bicyclic) bond motifs is 6. The molecule has 0 radical (unpaired) electrons. The minimum absolute atomic E-state index is 0.796. The highest BCUT2D eigenvalue weighted by molar-refractivity contribution is 6.15. The molecule has 0 fully saturated rings. The Balaban J connectivity index is 1.68. The Morgan fingerprint density at radius 2 is 1.62 bits per heavy atom. The minimum Gasteiger partial charge on any atom is -0.310 e. The zero-order chi connectivity index (χ0) is 21.1. The highest BCUT2D eigenvalue weighted by Gasteiger charge is 2.20. The standard InChI is InChI=1S/C26H18N6/c1-2-5-21-19(4-1)20-16-23-25(30-26(20)32(21)18-9-14-28-15-10-18)24-22(6-3-11-29-24)31(23)17-7-12-27-13-8-17/h1-7,9-12,14-16H,8,13H2. The van der Waals surface area contributed by atoms with Crippen LogP contribution in [0.2, 0.25) is 0 Å². The monoisotopic (exact) mass is 414 g/mol. The number of aliphatic imine (C=N–C) groups is 1. The van der Waals surface area contributed by atoms with E-state index in [1.165, 1.54) is 11.1 Å². The van der Waals surface area contributed by atoms with E-state index in [1.54, 1.807) is 0 Å². The van der Waals surface area contributed by atoms with Crippen molar-refractivity contribution in [1.82, 2.24) is 24.1 Å². The van der Waals surface area contributed by atoms with E-state index in [2.05, 4.69) is 61.6 Å². The normalized spacial score (nSPS) is 14.1. The third-order valence-electron chi connectivity index (χ3n) is 6.20. The lowest BCUT2D eigenvalue weighted by molar-refractivity contribution is 0.960. The second-order valence-electron chi connectivity index (χ2n) is 7.96. The van der Waals surface area contributed by atoms with Gasteiger partial charge in [-0.1, -0.05) is 18.2 Å². The van der Waals surface area contributed by atoms with Gasteiger partial charge in [0.1, 0.15) is 16.7 Å². The van der Waals surface area contributed by atoms with Gasteiger partial charge in [-0.05, 0) is 42.5 Å². The summed E-state index contributed by atoms with van der Waals surface area (Å²) in [4.78, 5) is 18.5. The van der Waals surface area contributed by atoms with E-state index >= 15 is 0 Å². The molecule has 6 nitrogen and oxygen atoms in total. The molecule has 7 rings (SSSR count). The van der Waals surface area contributed by atoms with Gasteiger partial charge in [-0.3, -0.25) is 19.5 Å². The van der Waals surface area contributed by atoms with Crippen molar-refractivity contribution in [2.24, 2.45) is 4.99 Å². The van der Waals surface area contributed by atoms with Crippen molar-refractivity contribution in [2.45, 2.75) is 6.42 Å². The second-order valence-corrected chi connectivity index (χ2v) is 7.96. The Bertz CT molecular complexity index is 1720. The predicted molar refractivity (Wildman–Crippen MR) is 129 cm³/mol. The molecule has 6 heterocycles. The third-order valence-corrected chi connectivity index (χ3v) is 6.20. The predicted octanol–water partition coefficient (Wildman–Crippen LogP) is 5.39. The van der Waals surface area contributed by atoms with E-state index in [-0.39, 0.29) is 0 Å². The molecule has 6 aromatic rings. The highest BCUT2D eigenvalue weighted by Crippen LogP contribution is 2.37. The molecule has 0 spiro atoms. The summed E-state index contributed by atoms with van der Waals surface area (Å²) in [6.07, 6.45) is 10.4. The van der Waals surface area contributed by atoms with Gasteiger partial charge in [0, 0.05) is 54.2 Å². The first kappa shape index (κ1) is 17.4. The van der Waals surface area contributed by atoms with E-state index in [4.69, 9.17) is 9.97 Å². The van der Waals surface area contributed by atoms with Crippen LogP contribution in [-0.2, 0) is 0 Å². The average Bonchev–Trinajstić information content (AvgIpc) is 3.36. The van der Waals surface area contributed by atoms with E-state index in [1.807, 2.05) is 43.0 Å². The molecule has 32 heavy (non-hydrogen) atoms. The zero-order valence-corrected chi connectivity index (χ0v) is 17.2. The number of rotatable bonds is 2. The number of dihydropyridines is 1. The Morgan fingerprint density at radius 1 is 0.750 bits per heavy atom. The van der Waals surface area contributed by atoms with Gasteiger partial charge in [0.2, 0.25) is 0 Å². The van der Waals surface area contributed by atoms with Crippen LogP contribution in [0.15, 0.2) is 84.3 Å². The molecular formula is C26H18N6. The highest BCUT2D eigenvalue weighted by atomic mass is 15.1. The summed E-state index contributed by atoms with van der Waals surface area (Å²) in [5, 5.41) is 2.30. The van der Waals surface area contributed by atoms with E-state index < -0.39 is 0 Å². The van der Waals surface area contributed by atoms with Crippen molar-refractivity contribution in [3.8, 4) is 5.69 Å². The number of allylic oxidation sites excluding steroid dienone is 1. The Morgan fingerprint density at radius 3 is 2.50 bits per heavy atom. The Hall–Kier alpha value is -4.32. The summed E-state index contributed by atoms with van der Waals surface area (Å²) in [5.74, 6) is 0. The largest absolute Gasteiger partial charge is 0.310 e. The second kappa shape index (κ2) is 6.59. The summed E-state index contributed by atoms with van der Waals surface area (Å²) >= 11 is 0. The van der Waals surface area contributed by atoms with Crippen LogP contribution >= 0.6 is 0 Å². The number of benzene rings is 1. The maximum absolute atomic E-state index is 5.23. The maximum Gasteiger partial charge on any atom is 0.146 e. The fourth-order valence-corrected chi connectivity index (χ4v) is 4.83. The van der Waals surface area contributed by atoms with Gasteiger partial charge >= 0.3 is 0 Å². The van der Waals surface area contributed by atoms with Gasteiger partial charge in [-0.25, -0.2) is 4.98 Å². The van der Waals surface area contributed by atoms with Gasteiger partial charge in [0.05, 0.1) is 22.2 Å². The summed E-state index contributed by atoms with van der Waals surface area (Å²) in [5.41, 5.74) is 8.28. The molecule has 0 amide bonds. The molecule has 1 aromatic carbocycles. The number of aromatic nitrogens is 5. The van der Waals surface area contributed by atoms with E-state index in [0.29, 0.717) is 0 Å². The minimum atomic E-state index is 0.796. The molecule has 0 saturated heterocycles. The summed E-state index contributed by atoms with van der Waals surface area (Å²) in [7, 11) is 0. The van der Waals surface area contributed by atoms with Crippen molar-refractivity contribution in [3.05, 3.63) is 79.3 Å². The van der Waals surface area contributed by atoms with Crippen LogP contribution in [0.3, 0.4) is 0 Å². The van der Waals surface area contributed by atoms with Gasteiger partial charge in [-0.15, -0.1) is 0 Å². The van der Waals surface area contributed by atoms with Crippen molar-refractivity contribution in [2.75, 3.05) is 6.54 Å². The van der Waals surface area contributed by atoms with Crippen LogP contribution in [0.5, 0.6) is 0 Å². The van der Waals surface area contributed by atoms with E-state index in [0.717, 1.165) is 57.3 Å². The number of nitrogens with zero attached hydrogens (tertiary/aromatic N) is 6. The quantitative estimate of drug-likeness (QED) is 0.382. The molecule has 0 N–H and O–H groups in total. The summed E-state index contributed by atoms with van der Waals surface area (Å²) in [6, 6.07) is 18.9. The molecular weight excluding hydrogens is 396 g/mol. The van der Waals surface area contributed by atoms with Crippen LogP contribution in [0, 0.1) is 0 Å². The van der Waals surface area contributed by atoms with Crippen LogP contribution < -0.4 is 0 Å². The summed E-state index contributed by atoms with van der Waals surface area (Å²) in [6.45, 7) is 0.796. The lowest BCUT2D eigenvalue weighted by atomic mass is 10.2. The number of hydrogen-bond acceptors (Lipinski definition) is 4. The molecule has 0 atom stereocenters. The molecule has 1 aliphatic rings. The van der Waals surface area contributed by atoms with E-state index in [9.17, 15) is 0 Å². The number of para-hydroxylation sites is 1. The number of pyridine rings is 3. The lowest BCUT2D eigenvalue weighted by Crippen LogP contribution is -2.03. The van der Waals surface area contributed by atoms with Crippen molar-refractivity contribution in [1.29, 1.82) is 0 Å². The first-order chi connectivity index (χ1) is 15.9. The summed E-state index contributed by atoms with van der Waals surface area (Å²) < 4.78 is 4.51. The topological polar surface area (TPSA) is 60.9 Å². The van der Waals surface area contributed by atoms with Crippen LogP contribution in [0.25, 0.3) is 55.4 Å². The smallest absolute Gasteiger partial charge is 0.146 e. The molecule has 152 valence electrons. The molecule has 0 unspecified atom stereocenters. The van der Waals surface area contributed by atoms with Gasteiger partial charge < -0.3 is 4.57 Å². The average molecular weight is 414 g/mol. The fraction of sp³-hybridized carbons (Fsp3) is 0.0769. The molecule has 0 aliphatic carbocycles.